The van der Waals surface area contributed by atoms with Crippen LogP contribution >= 0.6 is 14.5 Å². The minimum absolute atomic E-state index is 0.386. The van der Waals surface area contributed by atoms with Crippen LogP contribution in [0.3, 0.4) is 0 Å². The monoisotopic (exact) mass is 771 g/mol. The van der Waals surface area contributed by atoms with Gasteiger partial charge in [-0.2, -0.15) is 0 Å². The van der Waals surface area contributed by atoms with E-state index in [9.17, 15) is 29.4 Å². The van der Waals surface area contributed by atoms with E-state index < -0.39 is 60.7 Å². The summed E-state index contributed by atoms with van der Waals surface area (Å²) in [5.74, 6) is -7.32. The zero-order valence-electron chi connectivity index (χ0n) is 34.4. The third-order valence-electron chi connectivity index (χ3n) is 9.95. The molecule has 1 rings (SSSR count). The van der Waals surface area contributed by atoms with Crippen molar-refractivity contribution < 1.29 is 39.6 Å². The van der Waals surface area contributed by atoms with Gasteiger partial charge in [-0.3, -0.25) is 0 Å². The summed E-state index contributed by atoms with van der Waals surface area (Å²) >= 11 is 0. The second-order valence-corrected chi connectivity index (χ2v) is 23.4. The molecule has 0 aliphatic heterocycles. The highest BCUT2D eigenvalue weighted by Gasteiger charge is 2.35. The Morgan fingerprint density at radius 3 is 0.712 bits per heavy atom. The van der Waals surface area contributed by atoms with Gasteiger partial charge in [0.25, 0.3) is 0 Å². The van der Waals surface area contributed by atoms with Gasteiger partial charge < -0.3 is 30.0 Å². The number of carboxylic acids is 4. The van der Waals surface area contributed by atoms with Crippen molar-refractivity contribution in [3.8, 4) is 0 Å². The molecule has 0 amide bonds. The first-order valence-electron chi connectivity index (χ1n) is 20.5. The van der Waals surface area contributed by atoms with Crippen molar-refractivity contribution in [3.63, 3.8) is 0 Å². The number of benzene rings is 1. The van der Waals surface area contributed by atoms with Gasteiger partial charge in [-0.15, -0.1) is 0 Å². The fraction of sp³-hybridized carbons (Fsp3) is 0.762. The average Bonchev–Trinajstić information content (AvgIpc) is 3.13. The van der Waals surface area contributed by atoms with E-state index in [2.05, 4.69) is 55.4 Å². The fourth-order valence-electron chi connectivity index (χ4n) is 6.58. The number of carbonyl (C=O) groups is 4. The molecule has 0 atom stereocenters. The summed E-state index contributed by atoms with van der Waals surface area (Å²) in [5, 5.41) is 38.7. The second-order valence-electron chi connectivity index (χ2n) is 14.4. The average molecular weight is 771 g/mol. The van der Waals surface area contributed by atoms with E-state index in [-0.39, 0.29) is 0 Å². The molecule has 0 aliphatic carbocycles. The molecule has 10 heteroatoms. The summed E-state index contributed by atoms with van der Waals surface area (Å²) in [6.45, 7) is 18.8. The predicted octanol–water partition coefficient (Wildman–Crippen LogP) is 10.2. The Labute approximate surface area is 319 Å². The highest BCUT2D eigenvalue weighted by molar-refractivity contribution is 7.76. The highest BCUT2D eigenvalue weighted by Crippen LogP contribution is 2.62. The summed E-state index contributed by atoms with van der Waals surface area (Å²) in [5.41, 5.74) is -3.63. The number of rotatable bonds is 28. The van der Waals surface area contributed by atoms with Crippen LogP contribution in [0.2, 0.25) is 0 Å². The number of carboxylic acid groups (broad SMARTS) is 4. The summed E-state index contributed by atoms with van der Waals surface area (Å²) < 4.78 is 0. The lowest BCUT2D eigenvalue weighted by molar-refractivity contribution is -0.255. The highest BCUT2D eigenvalue weighted by atomic mass is 31.2. The SMILES string of the molecule is CCCC[P+](CCCC)(CCCC)CCCC.CCCC[P+](CCCC)(CCCC)CCCC.O=C([O-])c1cc(C(=O)[O-])c(C(=O)O)cc1C(=O)O. The Hall–Kier alpha value is -2.04. The second kappa shape index (κ2) is 31.3. The lowest BCUT2D eigenvalue weighted by Crippen LogP contribution is -2.29. The Morgan fingerprint density at radius 2 is 0.577 bits per heavy atom. The standard InChI is InChI=1S/2C16H36P.C10H6O8/c2*1-5-9-13-17(14-10-6-2,15-11-7-3)16-12-8-4;11-7(12)3-1-4(8(13)14)6(10(17)18)2-5(3)9(15)16/h2*5-16H2,1-4H3;1-2H,(H,11,12)(H,13,14)(H,15,16)(H,17,18)/q2*+1;/p-2. The number of aromatic carboxylic acids is 4. The van der Waals surface area contributed by atoms with Gasteiger partial charge in [0.05, 0.1) is 72.4 Å². The zero-order chi connectivity index (χ0) is 40.0. The molecule has 0 heterocycles. The van der Waals surface area contributed by atoms with Gasteiger partial charge in [-0.25, -0.2) is 9.59 Å². The van der Waals surface area contributed by atoms with Crippen molar-refractivity contribution in [2.75, 3.05) is 49.3 Å². The van der Waals surface area contributed by atoms with Gasteiger partial charge in [0.2, 0.25) is 0 Å². The van der Waals surface area contributed by atoms with E-state index in [4.69, 9.17) is 10.2 Å². The van der Waals surface area contributed by atoms with Crippen molar-refractivity contribution >= 4 is 38.4 Å². The van der Waals surface area contributed by atoms with Crippen LogP contribution in [0.5, 0.6) is 0 Å². The van der Waals surface area contributed by atoms with Crippen LogP contribution in [0.1, 0.15) is 200 Å². The molecule has 0 fully saturated rings. The summed E-state index contributed by atoms with van der Waals surface area (Å²) in [6, 6.07) is 0.818. The normalized spacial score (nSPS) is 11.2. The minimum atomic E-state index is -1.94. The molecular weight excluding hydrogens is 694 g/mol. The van der Waals surface area contributed by atoms with Crippen LogP contribution in [-0.2, 0) is 0 Å². The predicted molar refractivity (Wildman–Crippen MR) is 221 cm³/mol. The van der Waals surface area contributed by atoms with Crippen LogP contribution in [0.4, 0.5) is 0 Å². The third kappa shape index (κ3) is 21.6. The fourth-order valence-corrected chi connectivity index (χ4v) is 17.2. The van der Waals surface area contributed by atoms with Gasteiger partial charge >= 0.3 is 11.9 Å². The molecule has 0 aliphatic rings. The number of hydrogen-bond acceptors (Lipinski definition) is 6. The van der Waals surface area contributed by atoms with Crippen molar-refractivity contribution in [1.82, 2.24) is 0 Å². The van der Waals surface area contributed by atoms with E-state index in [1.165, 1.54) is 103 Å². The Balaban J connectivity index is 0. The van der Waals surface area contributed by atoms with Crippen molar-refractivity contribution in [2.45, 2.75) is 158 Å². The quantitative estimate of drug-likeness (QED) is 0.0798. The van der Waals surface area contributed by atoms with Crippen LogP contribution in [-0.4, -0.2) is 83.4 Å². The first-order chi connectivity index (χ1) is 24.7. The molecule has 1 aromatic carbocycles. The van der Waals surface area contributed by atoms with E-state index in [1.807, 2.05) is 0 Å². The smallest absolute Gasteiger partial charge is 0.336 e. The Morgan fingerprint density at radius 1 is 0.404 bits per heavy atom. The molecule has 302 valence electrons. The van der Waals surface area contributed by atoms with Crippen LogP contribution in [0.25, 0.3) is 0 Å². The molecule has 8 nitrogen and oxygen atoms in total. The molecule has 0 radical (unpaired) electrons. The Bertz CT molecular complexity index is 928. The molecule has 0 saturated carbocycles. The number of carbonyl (C=O) groups excluding carboxylic acids is 2. The van der Waals surface area contributed by atoms with Gasteiger partial charge in [0.15, 0.2) is 0 Å². The molecule has 0 bridgehead atoms. The molecule has 0 aromatic heterocycles. The first kappa shape index (κ1) is 52.1. The van der Waals surface area contributed by atoms with Crippen LogP contribution in [0, 0.1) is 0 Å². The van der Waals surface area contributed by atoms with Crippen molar-refractivity contribution in [3.05, 3.63) is 34.4 Å². The molecule has 52 heavy (non-hydrogen) atoms. The van der Waals surface area contributed by atoms with Crippen LogP contribution < -0.4 is 10.2 Å². The van der Waals surface area contributed by atoms with Gasteiger partial charge in [-0.1, -0.05) is 107 Å². The summed E-state index contributed by atoms with van der Waals surface area (Å²) in [4.78, 5) is 42.8. The van der Waals surface area contributed by atoms with Crippen molar-refractivity contribution in [1.29, 1.82) is 0 Å². The van der Waals surface area contributed by atoms with Crippen LogP contribution in [0.15, 0.2) is 12.1 Å². The molecule has 0 unspecified atom stereocenters. The molecule has 2 N–H and O–H groups in total. The van der Waals surface area contributed by atoms with E-state index in [0.717, 1.165) is 0 Å². The lowest BCUT2D eigenvalue weighted by Gasteiger charge is -2.28. The minimum Gasteiger partial charge on any atom is -0.545 e. The van der Waals surface area contributed by atoms with E-state index in [1.54, 1.807) is 49.3 Å². The molecular formula is C42H76O8P2. The maximum absolute atomic E-state index is 10.7. The zero-order valence-corrected chi connectivity index (χ0v) is 36.2. The third-order valence-corrected chi connectivity index (χ3v) is 20.1. The summed E-state index contributed by atoms with van der Waals surface area (Å²) in [6.07, 6.45) is 35.9. The lowest BCUT2D eigenvalue weighted by atomic mass is 9.98. The maximum atomic E-state index is 10.7. The van der Waals surface area contributed by atoms with Gasteiger partial charge in [-0.05, 0) is 63.5 Å². The molecule has 1 aromatic rings. The Kier molecular flexibility index (Phi) is 31.4. The van der Waals surface area contributed by atoms with E-state index >= 15 is 0 Å². The first-order valence-corrected chi connectivity index (χ1v) is 25.6. The topological polar surface area (TPSA) is 155 Å². The molecule has 0 saturated heterocycles. The number of hydrogen-bond donors (Lipinski definition) is 2. The summed E-state index contributed by atoms with van der Waals surface area (Å²) in [7, 11) is -1.12. The maximum Gasteiger partial charge on any atom is 0.336 e. The van der Waals surface area contributed by atoms with E-state index in [0.29, 0.717) is 12.1 Å². The molecule has 0 spiro atoms. The largest absolute Gasteiger partial charge is 0.545 e. The van der Waals surface area contributed by atoms with Crippen molar-refractivity contribution in [2.24, 2.45) is 0 Å². The number of unbranched alkanes of at least 4 members (excludes halogenated alkanes) is 8. The van der Waals surface area contributed by atoms with Gasteiger partial charge in [0, 0.05) is 25.7 Å². The van der Waals surface area contributed by atoms with Gasteiger partial charge in [0.1, 0.15) is 0 Å².